The van der Waals surface area contributed by atoms with E-state index in [1.807, 2.05) is 0 Å². The van der Waals surface area contributed by atoms with Gasteiger partial charge in [-0.1, -0.05) is 25.8 Å². The monoisotopic (exact) mass is 292 g/mol. The maximum absolute atomic E-state index is 11.8. The van der Waals surface area contributed by atoms with Crippen molar-refractivity contribution in [3.8, 4) is 0 Å². The molecule has 1 aliphatic rings. The van der Waals surface area contributed by atoms with Crippen LogP contribution in [0.5, 0.6) is 0 Å². The molecular formula is C16H24N2O3. The number of pyridine rings is 1. The Morgan fingerprint density at radius 1 is 1.38 bits per heavy atom. The first-order valence-corrected chi connectivity index (χ1v) is 7.70. The van der Waals surface area contributed by atoms with Crippen molar-refractivity contribution in [2.45, 2.75) is 45.3 Å². The molecule has 1 aliphatic carbocycles. The smallest absolute Gasteiger partial charge is 0.250 e. The number of rotatable bonds is 6. The summed E-state index contributed by atoms with van der Waals surface area (Å²) in [7, 11) is 0. The van der Waals surface area contributed by atoms with Crippen molar-refractivity contribution in [3.63, 3.8) is 0 Å². The Kier molecular flexibility index (Phi) is 5.99. The highest BCUT2D eigenvalue weighted by atomic mass is 16.5. The van der Waals surface area contributed by atoms with Crippen LogP contribution in [0.25, 0.3) is 0 Å². The van der Waals surface area contributed by atoms with Gasteiger partial charge in [0.1, 0.15) is 6.54 Å². The highest BCUT2D eigenvalue weighted by molar-refractivity contribution is 5.75. The molecule has 5 nitrogen and oxygen atoms in total. The summed E-state index contributed by atoms with van der Waals surface area (Å²) in [4.78, 5) is 23.2. The maximum atomic E-state index is 11.8. The Bertz CT molecular complexity index is 512. The van der Waals surface area contributed by atoms with Crippen molar-refractivity contribution >= 4 is 5.91 Å². The van der Waals surface area contributed by atoms with Crippen LogP contribution in [0, 0.1) is 5.92 Å². The Labute approximate surface area is 125 Å². The molecule has 2 rings (SSSR count). The zero-order chi connectivity index (χ0) is 15.1. The minimum absolute atomic E-state index is 0.0551. The van der Waals surface area contributed by atoms with E-state index in [9.17, 15) is 9.59 Å². The first kappa shape index (κ1) is 15.8. The maximum Gasteiger partial charge on any atom is 0.250 e. The average Bonchev–Trinajstić information content (AvgIpc) is 2.48. The molecule has 0 spiro atoms. The number of nitrogens with one attached hydrogen (secondary N) is 1. The topological polar surface area (TPSA) is 60.3 Å². The van der Waals surface area contributed by atoms with Gasteiger partial charge in [0, 0.05) is 18.8 Å². The SMILES string of the molecule is C[C@H]1CCCC[C@H]1OCCNC(=O)Cn1ccccc1=O. The number of carbonyl (C=O) groups excluding carboxylic acids is 1. The summed E-state index contributed by atoms with van der Waals surface area (Å²) < 4.78 is 7.22. The number of hydrogen-bond acceptors (Lipinski definition) is 3. The molecule has 1 N–H and O–H groups in total. The highest BCUT2D eigenvalue weighted by Crippen LogP contribution is 2.25. The van der Waals surface area contributed by atoms with Gasteiger partial charge in [-0.25, -0.2) is 0 Å². The van der Waals surface area contributed by atoms with Gasteiger partial charge >= 0.3 is 0 Å². The summed E-state index contributed by atoms with van der Waals surface area (Å²) >= 11 is 0. The molecule has 1 amide bonds. The van der Waals surface area contributed by atoms with E-state index in [0.717, 1.165) is 6.42 Å². The first-order valence-electron chi connectivity index (χ1n) is 7.70. The van der Waals surface area contributed by atoms with Crippen LogP contribution in [0.3, 0.4) is 0 Å². The van der Waals surface area contributed by atoms with Crippen LogP contribution < -0.4 is 10.9 Å². The van der Waals surface area contributed by atoms with E-state index in [1.165, 1.54) is 29.9 Å². The quantitative estimate of drug-likeness (QED) is 0.809. The molecule has 5 heteroatoms. The normalized spacial score (nSPS) is 22.0. The van der Waals surface area contributed by atoms with E-state index < -0.39 is 0 Å². The second-order valence-corrected chi connectivity index (χ2v) is 5.69. The van der Waals surface area contributed by atoms with Gasteiger partial charge < -0.3 is 14.6 Å². The molecule has 0 aromatic carbocycles. The van der Waals surface area contributed by atoms with Crippen molar-refractivity contribution < 1.29 is 9.53 Å². The van der Waals surface area contributed by atoms with Crippen LogP contribution in [0.15, 0.2) is 29.2 Å². The van der Waals surface area contributed by atoms with Gasteiger partial charge in [0.2, 0.25) is 5.91 Å². The lowest BCUT2D eigenvalue weighted by atomic mass is 9.88. The Balaban J connectivity index is 1.65. The summed E-state index contributed by atoms with van der Waals surface area (Å²) in [6.07, 6.45) is 6.82. The minimum Gasteiger partial charge on any atom is -0.376 e. The first-order chi connectivity index (χ1) is 10.2. The predicted octanol–water partition coefficient (Wildman–Crippen LogP) is 1.56. The fourth-order valence-corrected chi connectivity index (χ4v) is 2.73. The molecule has 1 aromatic heterocycles. The van der Waals surface area contributed by atoms with Crippen molar-refractivity contribution in [2.75, 3.05) is 13.2 Å². The second kappa shape index (κ2) is 7.98. The van der Waals surface area contributed by atoms with E-state index >= 15 is 0 Å². The average molecular weight is 292 g/mol. The highest BCUT2D eigenvalue weighted by Gasteiger charge is 2.21. The predicted molar refractivity (Wildman–Crippen MR) is 81.1 cm³/mol. The van der Waals surface area contributed by atoms with E-state index in [2.05, 4.69) is 12.2 Å². The number of carbonyl (C=O) groups is 1. The third kappa shape index (κ3) is 5.01. The fraction of sp³-hybridized carbons (Fsp3) is 0.625. The molecule has 1 saturated carbocycles. The number of aromatic nitrogens is 1. The van der Waals surface area contributed by atoms with Gasteiger partial charge in [0.05, 0.1) is 12.7 Å². The van der Waals surface area contributed by atoms with Crippen LogP contribution in [0.2, 0.25) is 0 Å². The molecular weight excluding hydrogens is 268 g/mol. The molecule has 0 unspecified atom stereocenters. The molecule has 0 bridgehead atoms. The molecule has 0 saturated heterocycles. The lowest BCUT2D eigenvalue weighted by Crippen LogP contribution is -2.35. The standard InChI is InChI=1S/C16H24N2O3/c1-13-6-2-3-7-14(13)21-11-9-17-15(19)12-18-10-5-4-8-16(18)20/h4-5,8,10,13-14H,2-3,6-7,9,11-12H2,1H3,(H,17,19)/t13-,14+/m0/s1. The summed E-state index contributed by atoms with van der Waals surface area (Å²) in [5.74, 6) is 0.445. The fourth-order valence-electron chi connectivity index (χ4n) is 2.73. The van der Waals surface area contributed by atoms with E-state index in [1.54, 1.807) is 18.3 Å². The summed E-state index contributed by atoms with van der Waals surface area (Å²) in [5, 5.41) is 2.79. The van der Waals surface area contributed by atoms with Gasteiger partial charge in [-0.3, -0.25) is 9.59 Å². The Morgan fingerprint density at radius 3 is 2.95 bits per heavy atom. The lowest BCUT2D eigenvalue weighted by molar-refractivity contribution is -0.122. The molecule has 116 valence electrons. The molecule has 2 atom stereocenters. The van der Waals surface area contributed by atoms with Crippen LogP contribution >= 0.6 is 0 Å². The molecule has 0 radical (unpaired) electrons. The largest absolute Gasteiger partial charge is 0.376 e. The van der Waals surface area contributed by atoms with Gasteiger partial charge in [-0.05, 0) is 24.8 Å². The lowest BCUT2D eigenvalue weighted by Gasteiger charge is -2.28. The third-order valence-electron chi connectivity index (χ3n) is 4.00. The van der Waals surface area contributed by atoms with Crippen molar-refractivity contribution in [1.29, 1.82) is 0 Å². The number of amides is 1. The zero-order valence-electron chi connectivity index (χ0n) is 12.6. The third-order valence-corrected chi connectivity index (χ3v) is 4.00. The van der Waals surface area contributed by atoms with Crippen molar-refractivity contribution in [1.82, 2.24) is 9.88 Å². The minimum atomic E-state index is -0.167. The van der Waals surface area contributed by atoms with Crippen LogP contribution in [0.1, 0.15) is 32.6 Å². The van der Waals surface area contributed by atoms with E-state index in [-0.39, 0.29) is 18.0 Å². The second-order valence-electron chi connectivity index (χ2n) is 5.69. The van der Waals surface area contributed by atoms with Gasteiger partial charge in [-0.15, -0.1) is 0 Å². The van der Waals surface area contributed by atoms with Crippen LogP contribution in [-0.4, -0.2) is 29.7 Å². The van der Waals surface area contributed by atoms with Crippen molar-refractivity contribution in [2.24, 2.45) is 5.92 Å². The molecule has 1 fully saturated rings. The molecule has 0 aliphatic heterocycles. The van der Waals surface area contributed by atoms with Gasteiger partial charge in [0.15, 0.2) is 0 Å². The summed E-state index contributed by atoms with van der Waals surface area (Å²) in [5.41, 5.74) is -0.167. The number of nitrogens with zero attached hydrogens (tertiary/aromatic N) is 1. The number of ether oxygens (including phenoxy) is 1. The summed E-state index contributed by atoms with van der Waals surface area (Å²) in [6.45, 7) is 3.30. The van der Waals surface area contributed by atoms with E-state index in [0.29, 0.717) is 25.2 Å². The van der Waals surface area contributed by atoms with Crippen LogP contribution in [0.4, 0.5) is 0 Å². The number of hydrogen-bond donors (Lipinski definition) is 1. The van der Waals surface area contributed by atoms with Gasteiger partial charge in [-0.2, -0.15) is 0 Å². The Morgan fingerprint density at radius 2 is 2.19 bits per heavy atom. The zero-order valence-corrected chi connectivity index (χ0v) is 12.6. The molecule has 1 aromatic rings. The molecule has 1 heterocycles. The van der Waals surface area contributed by atoms with E-state index in [4.69, 9.17) is 4.74 Å². The Hall–Kier alpha value is -1.62. The summed E-state index contributed by atoms with van der Waals surface area (Å²) in [6, 6.07) is 4.85. The van der Waals surface area contributed by atoms with Crippen molar-refractivity contribution in [3.05, 3.63) is 34.7 Å². The molecule has 21 heavy (non-hydrogen) atoms. The van der Waals surface area contributed by atoms with Crippen LogP contribution in [-0.2, 0) is 16.1 Å². The van der Waals surface area contributed by atoms with Gasteiger partial charge in [0.25, 0.3) is 5.56 Å².